The zero-order valence-electron chi connectivity index (χ0n) is 10.6. The summed E-state index contributed by atoms with van der Waals surface area (Å²) in [5.74, 6) is 0.503. The zero-order chi connectivity index (χ0) is 12.8. The predicted molar refractivity (Wildman–Crippen MR) is 61.4 cm³/mol. The second-order valence-corrected chi connectivity index (χ2v) is 5.73. The van der Waals surface area contributed by atoms with E-state index in [0.717, 1.165) is 13.2 Å². The highest BCUT2D eigenvalue weighted by molar-refractivity contribution is 5.76. The summed E-state index contributed by atoms with van der Waals surface area (Å²) >= 11 is 0. The fourth-order valence-corrected chi connectivity index (χ4v) is 3.03. The van der Waals surface area contributed by atoms with Gasteiger partial charge in [-0.05, 0) is 15.8 Å². The van der Waals surface area contributed by atoms with Crippen LogP contribution < -0.4 is 0 Å². The maximum absolute atomic E-state index is 12.3. The van der Waals surface area contributed by atoms with Crippen LogP contribution in [0.5, 0.6) is 0 Å². The number of hydrogen-bond donors (Lipinski definition) is 0. The van der Waals surface area contributed by atoms with E-state index in [-0.39, 0.29) is 23.9 Å². The molecule has 3 heterocycles. The van der Waals surface area contributed by atoms with Gasteiger partial charge in [0.05, 0.1) is 19.3 Å². The van der Waals surface area contributed by atoms with Crippen molar-refractivity contribution >= 4 is 5.91 Å². The van der Waals surface area contributed by atoms with Crippen molar-refractivity contribution in [3.8, 4) is 0 Å². The minimum Gasteiger partial charge on any atom is -0.379 e. The third-order valence-corrected chi connectivity index (χ3v) is 4.04. The van der Waals surface area contributed by atoms with E-state index < -0.39 is 0 Å². The SMILES string of the molecule is CC1(C)CN(C(=O)Cn2cnnn2)[C@@H]2COC[C@@H]21. The fraction of sp³-hybridized carbons (Fsp3) is 0.818. The highest BCUT2D eigenvalue weighted by Crippen LogP contribution is 2.43. The lowest BCUT2D eigenvalue weighted by Crippen LogP contribution is -2.40. The fourth-order valence-electron chi connectivity index (χ4n) is 3.03. The molecule has 0 aliphatic carbocycles. The van der Waals surface area contributed by atoms with Gasteiger partial charge < -0.3 is 9.64 Å². The topological polar surface area (TPSA) is 73.1 Å². The lowest BCUT2D eigenvalue weighted by molar-refractivity contribution is -0.133. The summed E-state index contributed by atoms with van der Waals surface area (Å²) in [7, 11) is 0. The van der Waals surface area contributed by atoms with Gasteiger partial charge in [-0.3, -0.25) is 4.79 Å². The minimum atomic E-state index is 0.0633. The molecule has 0 spiro atoms. The lowest BCUT2D eigenvalue weighted by atomic mass is 9.80. The van der Waals surface area contributed by atoms with Crippen LogP contribution in [0.3, 0.4) is 0 Å². The monoisotopic (exact) mass is 251 g/mol. The number of fused-ring (bicyclic) bond motifs is 1. The smallest absolute Gasteiger partial charge is 0.244 e. The van der Waals surface area contributed by atoms with Crippen LogP contribution in [0.4, 0.5) is 0 Å². The Morgan fingerprint density at radius 3 is 3.06 bits per heavy atom. The Balaban J connectivity index is 1.74. The van der Waals surface area contributed by atoms with Crippen LogP contribution in [0.2, 0.25) is 0 Å². The molecule has 18 heavy (non-hydrogen) atoms. The number of ether oxygens (including phenoxy) is 1. The standard InChI is InChI=1S/C11H17N5O2/c1-11(2)6-16(9-5-18-4-8(9)11)10(17)3-15-7-12-13-14-15/h7-9H,3-6H2,1-2H3/t8-,9+/m0/s1. The molecule has 1 aromatic rings. The summed E-state index contributed by atoms with van der Waals surface area (Å²) in [5.41, 5.74) is 0.122. The normalized spacial score (nSPS) is 29.6. The molecule has 2 aliphatic rings. The van der Waals surface area contributed by atoms with E-state index in [4.69, 9.17) is 4.74 Å². The third-order valence-electron chi connectivity index (χ3n) is 4.04. The first-order valence-corrected chi connectivity index (χ1v) is 6.16. The molecule has 2 fully saturated rings. The van der Waals surface area contributed by atoms with Crippen molar-refractivity contribution in [3.05, 3.63) is 6.33 Å². The van der Waals surface area contributed by atoms with E-state index in [1.807, 2.05) is 4.90 Å². The van der Waals surface area contributed by atoms with Crippen LogP contribution in [0, 0.1) is 11.3 Å². The highest BCUT2D eigenvalue weighted by atomic mass is 16.5. The van der Waals surface area contributed by atoms with Crippen molar-refractivity contribution in [2.75, 3.05) is 19.8 Å². The summed E-state index contributed by atoms with van der Waals surface area (Å²) in [5, 5.41) is 10.8. The molecule has 1 aromatic heterocycles. The average Bonchev–Trinajstić information content (AvgIpc) is 2.98. The number of carbonyl (C=O) groups excluding carboxylic acids is 1. The Bertz CT molecular complexity index is 444. The lowest BCUT2D eigenvalue weighted by Gasteiger charge is -2.23. The maximum atomic E-state index is 12.3. The number of tetrazole rings is 1. The first-order valence-electron chi connectivity index (χ1n) is 6.16. The number of carbonyl (C=O) groups is 1. The Labute approximate surface area is 105 Å². The zero-order valence-corrected chi connectivity index (χ0v) is 10.6. The molecule has 0 saturated carbocycles. The molecule has 98 valence electrons. The van der Waals surface area contributed by atoms with Crippen LogP contribution in [-0.4, -0.2) is 56.8 Å². The van der Waals surface area contributed by atoms with Gasteiger partial charge in [0, 0.05) is 12.5 Å². The van der Waals surface area contributed by atoms with Gasteiger partial charge in [0.1, 0.15) is 12.9 Å². The van der Waals surface area contributed by atoms with E-state index in [9.17, 15) is 4.79 Å². The predicted octanol–water partition coefficient (Wildman–Crippen LogP) is -0.443. The molecule has 0 bridgehead atoms. The van der Waals surface area contributed by atoms with Crippen LogP contribution >= 0.6 is 0 Å². The summed E-state index contributed by atoms with van der Waals surface area (Å²) < 4.78 is 6.98. The Kier molecular flexibility index (Phi) is 2.58. The second kappa shape index (κ2) is 4.01. The van der Waals surface area contributed by atoms with Crippen molar-refractivity contribution in [2.45, 2.75) is 26.4 Å². The van der Waals surface area contributed by atoms with Crippen molar-refractivity contribution < 1.29 is 9.53 Å². The molecule has 3 rings (SSSR count). The Morgan fingerprint density at radius 2 is 2.33 bits per heavy atom. The number of amides is 1. The first-order chi connectivity index (χ1) is 8.58. The van der Waals surface area contributed by atoms with Crippen LogP contribution in [0.15, 0.2) is 6.33 Å². The number of aromatic nitrogens is 4. The molecule has 0 unspecified atom stereocenters. The molecule has 0 N–H and O–H groups in total. The van der Waals surface area contributed by atoms with E-state index in [1.54, 1.807) is 0 Å². The number of rotatable bonds is 2. The van der Waals surface area contributed by atoms with Gasteiger partial charge in [-0.1, -0.05) is 13.8 Å². The summed E-state index contributed by atoms with van der Waals surface area (Å²) in [6.07, 6.45) is 1.46. The first kappa shape index (κ1) is 11.6. The molecule has 2 saturated heterocycles. The summed E-state index contributed by atoms with van der Waals surface area (Å²) in [6, 6.07) is 0.212. The molecular formula is C11H17N5O2. The van der Waals surface area contributed by atoms with Gasteiger partial charge in [-0.15, -0.1) is 5.10 Å². The average molecular weight is 251 g/mol. The van der Waals surface area contributed by atoms with E-state index in [2.05, 4.69) is 29.4 Å². The minimum absolute atomic E-state index is 0.0633. The molecule has 0 radical (unpaired) electrons. The van der Waals surface area contributed by atoms with Gasteiger partial charge in [0.2, 0.25) is 5.91 Å². The summed E-state index contributed by atoms with van der Waals surface area (Å²) in [4.78, 5) is 14.2. The third kappa shape index (κ3) is 1.78. The Morgan fingerprint density at radius 1 is 1.50 bits per heavy atom. The van der Waals surface area contributed by atoms with Gasteiger partial charge in [-0.25, -0.2) is 4.68 Å². The molecule has 0 aromatic carbocycles. The molecule has 7 nitrogen and oxygen atoms in total. The maximum Gasteiger partial charge on any atom is 0.244 e. The molecule has 1 amide bonds. The van der Waals surface area contributed by atoms with Crippen molar-refractivity contribution in [1.29, 1.82) is 0 Å². The van der Waals surface area contributed by atoms with Gasteiger partial charge >= 0.3 is 0 Å². The van der Waals surface area contributed by atoms with E-state index >= 15 is 0 Å². The highest BCUT2D eigenvalue weighted by Gasteiger charge is 2.51. The largest absolute Gasteiger partial charge is 0.379 e. The molecule has 2 atom stereocenters. The van der Waals surface area contributed by atoms with Crippen molar-refractivity contribution in [3.63, 3.8) is 0 Å². The molecule has 2 aliphatic heterocycles. The van der Waals surface area contributed by atoms with Gasteiger partial charge in [0.25, 0.3) is 0 Å². The Hall–Kier alpha value is -1.50. The number of likely N-dealkylation sites (tertiary alicyclic amines) is 1. The van der Waals surface area contributed by atoms with Gasteiger partial charge in [0.15, 0.2) is 0 Å². The van der Waals surface area contributed by atoms with Crippen LogP contribution in [0.25, 0.3) is 0 Å². The van der Waals surface area contributed by atoms with Crippen LogP contribution in [-0.2, 0) is 16.1 Å². The van der Waals surface area contributed by atoms with E-state index in [0.29, 0.717) is 12.5 Å². The second-order valence-electron chi connectivity index (χ2n) is 5.73. The van der Waals surface area contributed by atoms with Crippen molar-refractivity contribution in [1.82, 2.24) is 25.1 Å². The molecular weight excluding hydrogens is 234 g/mol. The van der Waals surface area contributed by atoms with Gasteiger partial charge in [-0.2, -0.15) is 0 Å². The van der Waals surface area contributed by atoms with E-state index in [1.165, 1.54) is 11.0 Å². The summed E-state index contributed by atoms with van der Waals surface area (Å²) in [6.45, 7) is 6.79. The molecule has 7 heteroatoms. The number of hydrogen-bond acceptors (Lipinski definition) is 5. The van der Waals surface area contributed by atoms with Crippen LogP contribution in [0.1, 0.15) is 13.8 Å². The number of nitrogens with zero attached hydrogens (tertiary/aromatic N) is 5. The van der Waals surface area contributed by atoms with Crippen molar-refractivity contribution in [2.24, 2.45) is 11.3 Å². The quantitative estimate of drug-likeness (QED) is 0.712.